The van der Waals surface area contributed by atoms with E-state index < -0.39 is 64.2 Å². The first-order valence-electron chi connectivity index (χ1n) is 13.7. The molecule has 0 aliphatic carbocycles. The molecule has 0 unspecified atom stereocenters. The number of carbonyl (C=O) groups excluding carboxylic acids is 3. The van der Waals surface area contributed by atoms with E-state index in [9.17, 15) is 45.1 Å². The summed E-state index contributed by atoms with van der Waals surface area (Å²) in [5.41, 5.74) is -2.65. The number of carbonyl (C=O) groups is 3. The molecule has 0 saturated carbocycles. The van der Waals surface area contributed by atoms with E-state index in [1.54, 1.807) is 41.8 Å². The number of H-pyrrole nitrogens is 1. The van der Waals surface area contributed by atoms with E-state index in [0.717, 1.165) is 22.7 Å². The van der Waals surface area contributed by atoms with Crippen LogP contribution in [0.15, 0.2) is 95.7 Å². The van der Waals surface area contributed by atoms with E-state index in [2.05, 4.69) is 15.6 Å². The van der Waals surface area contributed by atoms with Crippen LogP contribution in [0.4, 0.5) is 42.1 Å². The van der Waals surface area contributed by atoms with Gasteiger partial charge in [0.25, 0.3) is 11.8 Å². The van der Waals surface area contributed by atoms with Crippen molar-refractivity contribution < 1.29 is 45.1 Å². The maximum Gasteiger partial charge on any atom is 0.422 e. The van der Waals surface area contributed by atoms with Crippen LogP contribution in [0.2, 0.25) is 0 Å². The summed E-state index contributed by atoms with van der Waals surface area (Å²) in [4.78, 5) is 42.2. The third-order valence-corrected chi connectivity index (χ3v) is 7.72. The van der Waals surface area contributed by atoms with Crippen LogP contribution in [0.1, 0.15) is 21.5 Å². The summed E-state index contributed by atoms with van der Waals surface area (Å²) in [7, 11) is 0. The van der Waals surface area contributed by atoms with Crippen LogP contribution in [-0.2, 0) is 15.8 Å². The molecule has 4 N–H and O–H groups in total. The molecule has 7 nitrogen and oxygen atoms in total. The third kappa shape index (κ3) is 7.52. The monoisotopic (exact) mass is 686 g/mol. The molecule has 1 aromatic heterocycles. The van der Waals surface area contributed by atoms with Crippen molar-refractivity contribution in [3.63, 3.8) is 0 Å². The molecule has 0 saturated heterocycles. The van der Waals surface area contributed by atoms with E-state index in [4.69, 9.17) is 0 Å². The molecular weight excluding hydrogens is 665 g/mol. The molecule has 15 heteroatoms. The van der Waals surface area contributed by atoms with Gasteiger partial charge >= 0.3 is 6.18 Å². The number of aromatic nitrogens is 1. The number of aromatic amines is 1. The fourth-order valence-corrected chi connectivity index (χ4v) is 5.24. The Hall–Kier alpha value is -5.57. The van der Waals surface area contributed by atoms with Crippen molar-refractivity contribution in [1.29, 1.82) is 0 Å². The van der Waals surface area contributed by atoms with E-state index in [1.807, 2.05) is 24.3 Å². The number of benzene rings is 4. The highest BCUT2D eigenvalue weighted by Crippen LogP contribution is 2.38. The van der Waals surface area contributed by atoms with Crippen LogP contribution in [0.5, 0.6) is 0 Å². The lowest BCUT2D eigenvalue weighted by Gasteiger charge is -2.14. The second-order valence-corrected chi connectivity index (χ2v) is 11.0. The van der Waals surface area contributed by atoms with Crippen molar-refractivity contribution in [2.24, 2.45) is 0 Å². The average molecular weight is 687 g/mol. The maximum atomic E-state index is 14.2. The molecule has 0 fully saturated rings. The molecule has 246 valence electrons. The van der Waals surface area contributed by atoms with E-state index >= 15 is 0 Å². The Morgan fingerprint density at radius 3 is 2.15 bits per heavy atom. The fourth-order valence-electron chi connectivity index (χ4n) is 4.49. The van der Waals surface area contributed by atoms with Gasteiger partial charge in [-0.05, 0) is 42.5 Å². The highest BCUT2D eigenvalue weighted by atomic mass is 32.2. The van der Waals surface area contributed by atoms with Gasteiger partial charge < -0.3 is 20.9 Å². The van der Waals surface area contributed by atoms with Crippen molar-refractivity contribution in [1.82, 2.24) is 10.3 Å². The van der Waals surface area contributed by atoms with Gasteiger partial charge in [-0.25, -0.2) is 17.6 Å². The van der Waals surface area contributed by atoms with Crippen LogP contribution >= 0.6 is 11.8 Å². The zero-order chi connectivity index (χ0) is 34.6. The Morgan fingerprint density at radius 1 is 0.792 bits per heavy atom. The standard InChI is InChI=1S/C33H21F7N4O3S/c34-26-25(33(38,39)40)27(35)29(37)30(28(26)36)44-24(45)16-48-20-10-6-9-19(14-20)42-32(47)23(43-31(46)17-7-2-1-3-8-17)13-18-15-41-22-12-5-4-11-21(18)22/h1-15,41H,16H2,(H,42,47)(H,43,46)(H,44,45)/b23-13-. The van der Waals surface area contributed by atoms with Crippen molar-refractivity contribution >= 4 is 57.8 Å². The number of rotatable bonds is 9. The van der Waals surface area contributed by atoms with Gasteiger partial charge in [0.05, 0.1) is 5.75 Å². The zero-order valence-electron chi connectivity index (χ0n) is 24.1. The van der Waals surface area contributed by atoms with Crippen LogP contribution in [0.25, 0.3) is 17.0 Å². The second-order valence-electron chi connectivity index (χ2n) is 9.99. The number of hydrogen-bond acceptors (Lipinski definition) is 4. The molecular formula is C33H21F7N4O3S. The van der Waals surface area contributed by atoms with Crippen molar-refractivity contribution in [3.05, 3.63) is 131 Å². The summed E-state index contributed by atoms with van der Waals surface area (Å²) in [5.74, 6) is -13.3. The zero-order valence-corrected chi connectivity index (χ0v) is 25.0. The molecule has 0 spiro atoms. The third-order valence-electron chi connectivity index (χ3n) is 6.72. The Bertz CT molecular complexity index is 2030. The van der Waals surface area contributed by atoms with Crippen LogP contribution in [0, 0.1) is 23.3 Å². The van der Waals surface area contributed by atoms with Gasteiger partial charge in [-0.1, -0.05) is 42.5 Å². The Morgan fingerprint density at radius 2 is 1.46 bits per heavy atom. The number of hydrogen-bond donors (Lipinski definition) is 4. The first-order valence-corrected chi connectivity index (χ1v) is 14.7. The highest BCUT2D eigenvalue weighted by Gasteiger charge is 2.42. The first kappa shape index (κ1) is 33.8. The SMILES string of the molecule is O=C(CSc1cccc(NC(=O)/C(=C/c2c[nH]c3ccccc23)NC(=O)c2ccccc2)c1)Nc1c(F)c(F)c(C(F)(F)F)c(F)c1F. The summed E-state index contributed by atoms with van der Waals surface area (Å²) < 4.78 is 94.7. The van der Waals surface area contributed by atoms with Crippen LogP contribution < -0.4 is 16.0 Å². The van der Waals surface area contributed by atoms with Crippen molar-refractivity contribution in [3.8, 4) is 0 Å². The minimum absolute atomic E-state index is 0.105. The van der Waals surface area contributed by atoms with Gasteiger partial charge in [-0.3, -0.25) is 14.4 Å². The van der Waals surface area contributed by atoms with Gasteiger partial charge in [0, 0.05) is 38.8 Å². The number of nitrogens with one attached hydrogen (secondary N) is 4. The number of alkyl halides is 3. The maximum absolute atomic E-state index is 14.2. The van der Waals surface area contributed by atoms with Gasteiger partial charge in [-0.2, -0.15) is 13.2 Å². The predicted molar refractivity (Wildman–Crippen MR) is 166 cm³/mol. The summed E-state index contributed by atoms with van der Waals surface area (Å²) in [6.45, 7) is 0. The molecule has 48 heavy (non-hydrogen) atoms. The summed E-state index contributed by atoms with van der Waals surface area (Å²) in [6, 6.07) is 21.4. The molecule has 3 amide bonds. The van der Waals surface area contributed by atoms with Gasteiger partial charge in [-0.15, -0.1) is 11.8 Å². The molecule has 5 aromatic rings. The Kier molecular flexibility index (Phi) is 9.89. The van der Waals surface area contributed by atoms with Gasteiger partial charge in [0.1, 0.15) is 16.9 Å². The van der Waals surface area contributed by atoms with Crippen molar-refractivity contribution in [2.75, 3.05) is 16.4 Å². The normalized spacial score (nSPS) is 11.8. The minimum Gasteiger partial charge on any atom is -0.361 e. The van der Waals surface area contributed by atoms with E-state index in [0.29, 0.717) is 16.0 Å². The molecule has 0 atom stereocenters. The highest BCUT2D eigenvalue weighted by molar-refractivity contribution is 8.00. The number of anilines is 2. The summed E-state index contributed by atoms with van der Waals surface area (Å²) >= 11 is 0.774. The van der Waals surface area contributed by atoms with E-state index in [-0.39, 0.29) is 11.4 Å². The minimum atomic E-state index is -5.73. The van der Waals surface area contributed by atoms with Gasteiger partial charge in [0.15, 0.2) is 23.3 Å². The number of halogens is 7. The number of thioether (sulfide) groups is 1. The molecule has 0 aliphatic heterocycles. The molecule has 5 rings (SSSR count). The lowest BCUT2D eigenvalue weighted by atomic mass is 10.1. The summed E-state index contributed by atoms with van der Waals surface area (Å²) in [5, 5.41) is 7.62. The largest absolute Gasteiger partial charge is 0.422 e. The predicted octanol–water partition coefficient (Wildman–Crippen LogP) is 7.88. The van der Waals surface area contributed by atoms with Crippen molar-refractivity contribution in [2.45, 2.75) is 11.1 Å². The molecule has 4 aromatic carbocycles. The van der Waals surface area contributed by atoms with Crippen LogP contribution in [-0.4, -0.2) is 28.5 Å². The Labute approximate surface area is 271 Å². The lowest BCUT2D eigenvalue weighted by molar-refractivity contribution is -0.143. The van der Waals surface area contributed by atoms with E-state index in [1.165, 1.54) is 30.3 Å². The summed E-state index contributed by atoms with van der Waals surface area (Å²) in [6.07, 6.45) is -2.57. The second kappa shape index (κ2) is 14.0. The molecule has 0 bridgehead atoms. The molecule has 0 aliphatic rings. The number of amides is 3. The molecule has 0 radical (unpaired) electrons. The first-order chi connectivity index (χ1) is 22.8. The quantitative estimate of drug-likeness (QED) is 0.0549. The topological polar surface area (TPSA) is 103 Å². The Balaban J connectivity index is 1.31. The fraction of sp³-hybridized carbons (Fsp3) is 0.0606. The number of fused-ring (bicyclic) bond motifs is 1. The smallest absolute Gasteiger partial charge is 0.361 e. The average Bonchev–Trinajstić information content (AvgIpc) is 3.47. The van der Waals surface area contributed by atoms with Crippen LogP contribution in [0.3, 0.4) is 0 Å². The van der Waals surface area contributed by atoms with Gasteiger partial charge in [0.2, 0.25) is 5.91 Å². The lowest BCUT2D eigenvalue weighted by Crippen LogP contribution is -2.30. The molecule has 1 heterocycles. The number of para-hydroxylation sites is 1.